The van der Waals surface area contributed by atoms with Crippen LogP contribution in [0.25, 0.3) is 0 Å². The van der Waals surface area contributed by atoms with E-state index in [0.29, 0.717) is 5.69 Å². The molecule has 0 saturated heterocycles. The van der Waals surface area contributed by atoms with Gasteiger partial charge in [-0.05, 0) is 73.0 Å². The van der Waals surface area contributed by atoms with Crippen molar-refractivity contribution in [3.63, 3.8) is 0 Å². The molecule has 1 amide bonds. The fraction of sp³-hybridized carbons (Fsp3) is 0.160. The van der Waals surface area contributed by atoms with Crippen molar-refractivity contribution in [2.75, 3.05) is 37.1 Å². The minimum Gasteiger partial charge on any atom is -0.465 e. The summed E-state index contributed by atoms with van der Waals surface area (Å²) in [4.78, 5) is 38.0. The third-order valence-corrected chi connectivity index (χ3v) is 7.85. The quantitative estimate of drug-likeness (QED) is 0.343. The lowest BCUT2D eigenvalue weighted by atomic mass is 10.1. The number of thioether (sulfide) groups is 1. The molecule has 0 aliphatic rings. The Morgan fingerprint density at radius 3 is 1.97 bits per heavy atom. The van der Waals surface area contributed by atoms with E-state index in [4.69, 9.17) is 9.47 Å². The van der Waals surface area contributed by atoms with Crippen LogP contribution >= 0.6 is 11.8 Å². The Balaban J connectivity index is 1.84. The number of esters is 2. The van der Waals surface area contributed by atoms with Gasteiger partial charge in [0.05, 0.1) is 41.6 Å². The van der Waals surface area contributed by atoms with Gasteiger partial charge in [0.1, 0.15) is 0 Å². The highest BCUT2D eigenvalue weighted by Crippen LogP contribution is 2.25. The predicted molar refractivity (Wildman–Crippen MR) is 137 cm³/mol. The van der Waals surface area contributed by atoms with Crippen molar-refractivity contribution in [2.45, 2.75) is 9.79 Å². The Labute approximate surface area is 213 Å². The average Bonchev–Trinajstić information content (AvgIpc) is 2.91. The molecule has 3 rings (SSSR count). The molecule has 1 N–H and O–H groups in total. The van der Waals surface area contributed by atoms with E-state index in [9.17, 15) is 22.8 Å². The van der Waals surface area contributed by atoms with Gasteiger partial charge in [0.2, 0.25) is 0 Å². The maximum atomic E-state index is 13.0. The fourth-order valence-corrected chi connectivity index (χ4v) is 4.85. The number of nitrogens with zero attached hydrogens (tertiary/aromatic N) is 1. The molecule has 0 unspecified atom stereocenters. The van der Waals surface area contributed by atoms with Gasteiger partial charge in [-0.25, -0.2) is 18.0 Å². The first-order chi connectivity index (χ1) is 17.1. The zero-order chi connectivity index (χ0) is 26.5. The number of carbonyl (C=O) groups is 3. The summed E-state index contributed by atoms with van der Waals surface area (Å²) < 4.78 is 36.5. The molecule has 9 nitrogen and oxygen atoms in total. The van der Waals surface area contributed by atoms with Crippen LogP contribution in [0.1, 0.15) is 31.1 Å². The Bertz CT molecular complexity index is 1390. The Morgan fingerprint density at radius 2 is 1.42 bits per heavy atom. The summed E-state index contributed by atoms with van der Waals surface area (Å²) in [6, 6.07) is 16.5. The van der Waals surface area contributed by atoms with Crippen LogP contribution in [-0.2, 0) is 19.5 Å². The molecule has 0 heterocycles. The lowest BCUT2D eigenvalue weighted by Crippen LogP contribution is -2.26. The van der Waals surface area contributed by atoms with Gasteiger partial charge in [0.15, 0.2) is 0 Å². The maximum absolute atomic E-state index is 13.0. The molecule has 0 fully saturated rings. The highest BCUT2D eigenvalue weighted by atomic mass is 32.2. The van der Waals surface area contributed by atoms with E-state index in [-0.39, 0.29) is 27.3 Å². The van der Waals surface area contributed by atoms with Crippen molar-refractivity contribution < 1.29 is 32.3 Å². The van der Waals surface area contributed by atoms with E-state index in [0.717, 1.165) is 9.20 Å². The Kier molecular flexibility index (Phi) is 8.38. The fourth-order valence-electron chi connectivity index (χ4n) is 3.24. The number of amides is 1. The monoisotopic (exact) mass is 528 g/mol. The van der Waals surface area contributed by atoms with Crippen LogP contribution in [0, 0.1) is 0 Å². The van der Waals surface area contributed by atoms with Gasteiger partial charge in [-0.15, -0.1) is 11.8 Å². The molecular weight excluding hydrogens is 504 g/mol. The second kappa shape index (κ2) is 11.3. The normalized spacial score (nSPS) is 10.9. The topological polar surface area (TPSA) is 119 Å². The number of hydrogen-bond acceptors (Lipinski definition) is 8. The van der Waals surface area contributed by atoms with Crippen LogP contribution in [0.2, 0.25) is 0 Å². The van der Waals surface area contributed by atoms with Crippen molar-refractivity contribution in [1.29, 1.82) is 0 Å². The smallest absolute Gasteiger partial charge is 0.339 e. The van der Waals surface area contributed by atoms with Gasteiger partial charge in [0, 0.05) is 17.5 Å². The number of rotatable bonds is 8. The van der Waals surface area contributed by atoms with Crippen molar-refractivity contribution >= 4 is 51.0 Å². The third kappa shape index (κ3) is 5.69. The summed E-state index contributed by atoms with van der Waals surface area (Å²) in [6.07, 6.45) is 1.90. The minimum atomic E-state index is -3.80. The van der Waals surface area contributed by atoms with E-state index in [2.05, 4.69) is 5.32 Å². The van der Waals surface area contributed by atoms with Gasteiger partial charge >= 0.3 is 11.9 Å². The van der Waals surface area contributed by atoms with Gasteiger partial charge in [-0.2, -0.15) is 0 Å². The van der Waals surface area contributed by atoms with Crippen LogP contribution in [0.5, 0.6) is 0 Å². The molecule has 3 aromatic carbocycles. The number of sulfonamides is 1. The summed E-state index contributed by atoms with van der Waals surface area (Å²) in [7, 11) is 0.0327. The summed E-state index contributed by atoms with van der Waals surface area (Å²) in [6.45, 7) is 0. The SMILES string of the molecule is COC(=O)c1ccc(C(=O)OC)c(NC(=O)c2ccc(N(C)S(=O)(=O)c3ccc(SC)cc3)cc2)c1. The second-order valence-corrected chi connectivity index (χ2v) is 10.2. The number of anilines is 2. The molecule has 0 aliphatic heterocycles. The number of hydrogen-bond donors (Lipinski definition) is 1. The average molecular weight is 529 g/mol. The van der Waals surface area contributed by atoms with E-state index in [1.54, 1.807) is 24.3 Å². The summed E-state index contributed by atoms with van der Waals surface area (Å²) in [5.41, 5.74) is 0.797. The highest BCUT2D eigenvalue weighted by Gasteiger charge is 2.22. The molecule has 0 spiro atoms. The molecule has 11 heteroatoms. The van der Waals surface area contributed by atoms with Crippen molar-refractivity contribution in [2.24, 2.45) is 0 Å². The van der Waals surface area contributed by atoms with Crippen LogP contribution < -0.4 is 9.62 Å². The highest BCUT2D eigenvalue weighted by molar-refractivity contribution is 7.98. The molecule has 188 valence electrons. The van der Waals surface area contributed by atoms with Crippen LogP contribution in [0.15, 0.2) is 76.5 Å². The Hall–Kier alpha value is -3.83. The molecule has 0 radical (unpaired) electrons. The summed E-state index contributed by atoms with van der Waals surface area (Å²) >= 11 is 1.51. The van der Waals surface area contributed by atoms with Gasteiger partial charge in [-0.1, -0.05) is 0 Å². The molecular formula is C25H24N2O7S2. The third-order valence-electron chi connectivity index (χ3n) is 5.31. The summed E-state index contributed by atoms with van der Waals surface area (Å²) in [5, 5.41) is 2.60. The minimum absolute atomic E-state index is 0.0495. The number of ether oxygens (including phenoxy) is 2. The van der Waals surface area contributed by atoms with E-state index in [1.807, 2.05) is 6.26 Å². The van der Waals surface area contributed by atoms with E-state index < -0.39 is 27.9 Å². The maximum Gasteiger partial charge on any atom is 0.339 e. The molecule has 0 aromatic heterocycles. The van der Waals surface area contributed by atoms with Crippen molar-refractivity contribution in [3.05, 3.63) is 83.4 Å². The second-order valence-electron chi connectivity index (χ2n) is 7.39. The molecule has 0 saturated carbocycles. The summed E-state index contributed by atoms with van der Waals surface area (Å²) in [5.74, 6) is -1.92. The van der Waals surface area contributed by atoms with Gasteiger partial charge in [-0.3, -0.25) is 9.10 Å². The first kappa shape index (κ1) is 26.8. The molecule has 36 heavy (non-hydrogen) atoms. The number of carbonyl (C=O) groups excluding carboxylic acids is 3. The van der Waals surface area contributed by atoms with Gasteiger partial charge < -0.3 is 14.8 Å². The van der Waals surface area contributed by atoms with E-state index in [1.165, 1.54) is 75.5 Å². The Morgan fingerprint density at radius 1 is 0.833 bits per heavy atom. The van der Waals surface area contributed by atoms with Gasteiger partial charge in [0.25, 0.3) is 15.9 Å². The number of nitrogens with one attached hydrogen (secondary N) is 1. The lowest BCUT2D eigenvalue weighted by molar-refractivity contribution is 0.0587. The van der Waals surface area contributed by atoms with Crippen LogP contribution in [0.4, 0.5) is 11.4 Å². The zero-order valence-corrected chi connectivity index (χ0v) is 21.6. The van der Waals surface area contributed by atoms with Crippen LogP contribution in [-0.4, -0.2) is 53.8 Å². The molecule has 3 aromatic rings. The number of methoxy groups -OCH3 is 2. The standard InChI is InChI=1S/C25H24N2O7S2/c1-27(36(31,32)20-12-10-19(35-4)11-13-20)18-8-5-16(6-9-18)23(28)26-22-15-17(24(29)33-2)7-14-21(22)25(30)34-3/h5-15H,1-4H3,(H,26,28). The van der Waals surface area contributed by atoms with Crippen molar-refractivity contribution in [3.8, 4) is 0 Å². The lowest BCUT2D eigenvalue weighted by Gasteiger charge is -2.20. The molecule has 0 bridgehead atoms. The first-order valence-electron chi connectivity index (χ1n) is 10.5. The largest absolute Gasteiger partial charge is 0.465 e. The van der Waals surface area contributed by atoms with E-state index >= 15 is 0 Å². The first-order valence-corrected chi connectivity index (χ1v) is 13.1. The van der Waals surface area contributed by atoms with Crippen LogP contribution in [0.3, 0.4) is 0 Å². The molecule has 0 atom stereocenters. The predicted octanol–water partition coefficient (Wildman–Crippen LogP) is 4.06. The number of benzene rings is 3. The molecule has 0 aliphatic carbocycles. The zero-order valence-electron chi connectivity index (χ0n) is 20.0. The van der Waals surface area contributed by atoms with Crippen molar-refractivity contribution in [1.82, 2.24) is 0 Å².